The van der Waals surface area contributed by atoms with Crippen LogP contribution in [0.25, 0.3) is 78.0 Å². The second-order valence-electron chi connectivity index (χ2n) is 24.5. The molecule has 0 bridgehead atoms. The van der Waals surface area contributed by atoms with E-state index in [-0.39, 0.29) is 16.2 Å². The molecule has 0 radical (unpaired) electrons. The second kappa shape index (κ2) is 19.9. The average molecular weight is 1030 g/mol. The quantitative estimate of drug-likeness (QED) is 0.135. The van der Waals surface area contributed by atoms with Gasteiger partial charge in [-0.1, -0.05) is 202 Å². The molecular formula is C74H69N4O+. The number of pyridine rings is 1. The highest BCUT2D eigenvalue weighted by Crippen LogP contribution is 2.47. The minimum Gasteiger partial charge on any atom is -0.457 e. The molecule has 12 rings (SSSR count). The number of para-hydroxylation sites is 2. The Bertz CT molecular complexity index is 3980. The predicted octanol–water partition coefficient (Wildman–Crippen LogP) is 19.3. The normalized spacial score (nSPS) is 12.6. The van der Waals surface area contributed by atoms with E-state index in [9.17, 15) is 0 Å². The van der Waals surface area contributed by atoms with Crippen molar-refractivity contribution in [3.8, 4) is 78.5 Å². The van der Waals surface area contributed by atoms with Crippen LogP contribution in [0.3, 0.4) is 0 Å². The van der Waals surface area contributed by atoms with E-state index in [0.717, 1.165) is 62.1 Å². The smallest absolute Gasteiger partial charge is 0.255 e. The highest BCUT2D eigenvalue weighted by Gasteiger charge is 2.30. The van der Waals surface area contributed by atoms with Crippen molar-refractivity contribution in [2.24, 2.45) is 0 Å². The average Bonchev–Trinajstić information content (AvgIpc) is 4.14. The molecule has 0 unspecified atom stereocenters. The van der Waals surface area contributed by atoms with Crippen LogP contribution in [0, 0.1) is 6.92 Å². The standard InChI is InChI=1S/C74H69N4O/c1-49-37-70(75-46-66(49)52-27-18-13-19-28-52)76-47-55-38-53(54-39-56(72(2,3)4)41-57(40-54)73(5,6)7)33-35-62(55)63-36-34-61(45-69(63)76)79-60-30-22-29-59(44-60)77-48-78(68-32-21-20-31-67(68)77)71-64(50-23-14-11-15-24-50)42-58(74(8,9)10)43-65(71)51-25-16-12-17-26-51/h11-46,48H,47H2,1-10H3/q+1. The van der Waals surface area contributed by atoms with Crippen LogP contribution in [-0.2, 0) is 22.8 Å². The minimum atomic E-state index is -0.0732. The second-order valence-corrected chi connectivity index (χ2v) is 24.5. The van der Waals surface area contributed by atoms with Gasteiger partial charge in [0, 0.05) is 40.6 Å². The molecule has 11 aromatic rings. The SMILES string of the molecule is Cc1cc(N2Cc3cc(-c4cc(C(C)(C)C)cc(C(C)(C)C)c4)ccc3-c3ccc(Oc4cccc(-n5c[n+](-c6c(-c7ccccc7)cc(C(C)(C)C)cc6-c6ccccc6)c6ccccc65)c4)cc32)ncc1-c1ccccc1. The molecule has 3 heterocycles. The number of imidazole rings is 1. The molecule has 0 N–H and O–H groups in total. The van der Waals surface area contributed by atoms with Crippen LogP contribution in [0.5, 0.6) is 11.5 Å². The van der Waals surface area contributed by atoms with E-state index in [2.05, 4.69) is 302 Å². The lowest BCUT2D eigenvalue weighted by Crippen LogP contribution is -2.31. The molecule has 390 valence electrons. The lowest BCUT2D eigenvalue weighted by Gasteiger charge is -2.33. The number of aromatic nitrogens is 3. The molecule has 0 spiro atoms. The first-order valence-electron chi connectivity index (χ1n) is 27.8. The van der Waals surface area contributed by atoms with Crippen LogP contribution in [0.2, 0.25) is 0 Å². The largest absolute Gasteiger partial charge is 0.457 e. The van der Waals surface area contributed by atoms with E-state index >= 15 is 0 Å². The highest BCUT2D eigenvalue weighted by molar-refractivity contribution is 5.90. The van der Waals surface area contributed by atoms with Gasteiger partial charge in [0.25, 0.3) is 6.33 Å². The van der Waals surface area contributed by atoms with Gasteiger partial charge in [0.1, 0.15) is 28.7 Å². The van der Waals surface area contributed by atoms with Gasteiger partial charge < -0.3 is 9.64 Å². The third-order valence-corrected chi connectivity index (χ3v) is 15.8. The number of hydrogen-bond acceptors (Lipinski definition) is 3. The number of aryl methyl sites for hydroxylation is 1. The number of hydrogen-bond donors (Lipinski definition) is 0. The number of fused-ring (bicyclic) bond motifs is 4. The van der Waals surface area contributed by atoms with Crippen LogP contribution in [0.1, 0.15) is 90.1 Å². The third kappa shape index (κ3) is 9.95. The van der Waals surface area contributed by atoms with E-state index in [4.69, 9.17) is 9.72 Å². The topological polar surface area (TPSA) is 34.2 Å². The molecule has 0 saturated heterocycles. The fourth-order valence-corrected chi connectivity index (χ4v) is 11.3. The molecule has 0 amide bonds. The molecule has 0 atom stereocenters. The van der Waals surface area contributed by atoms with Crippen molar-refractivity contribution in [2.75, 3.05) is 4.90 Å². The van der Waals surface area contributed by atoms with Gasteiger partial charge in [0.2, 0.25) is 0 Å². The van der Waals surface area contributed by atoms with Gasteiger partial charge in [-0.05, 0) is 145 Å². The Labute approximate surface area is 467 Å². The van der Waals surface area contributed by atoms with E-state index in [1.54, 1.807) is 0 Å². The Morgan fingerprint density at radius 1 is 0.443 bits per heavy atom. The maximum Gasteiger partial charge on any atom is 0.255 e. The summed E-state index contributed by atoms with van der Waals surface area (Å²) in [5.41, 5.74) is 23.5. The van der Waals surface area contributed by atoms with Gasteiger partial charge in [0.15, 0.2) is 11.0 Å². The van der Waals surface area contributed by atoms with Gasteiger partial charge in [0.05, 0.1) is 12.2 Å². The molecule has 0 aliphatic carbocycles. The molecule has 5 nitrogen and oxygen atoms in total. The molecule has 0 fully saturated rings. The molecule has 9 aromatic carbocycles. The minimum absolute atomic E-state index is 0.00945. The fourth-order valence-electron chi connectivity index (χ4n) is 11.3. The summed E-state index contributed by atoms with van der Waals surface area (Å²) < 4.78 is 11.6. The number of nitrogens with zero attached hydrogens (tertiary/aromatic N) is 4. The monoisotopic (exact) mass is 1030 g/mol. The number of ether oxygens (including phenoxy) is 1. The van der Waals surface area contributed by atoms with Gasteiger partial charge in [-0.2, -0.15) is 9.13 Å². The Morgan fingerprint density at radius 3 is 1.61 bits per heavy atom. The zero-order valence-corrected chi connectivity index (χ0v) is 47.3. The summed E-state index contributed by atoms with van der Waals surface area (Å²) in [5, 5.41) is 0. The molecule has 1 aliphatic heterocycles. The summed E-state index contributed by atoms with van der Waals surface area (Å²) in [7, 11) is 0. The maximum atomic E-state index is 6.97. The Morgan fingerprint density at radius 2 is 1.00 bits per heavy atom. The molecule has 0 saturated carbocycles. The summed E-state index contributed by atoms with van der Waals surface area (Å²) in [5.74, 6) is 2.38. The molecule has 5 heteroatoms. The maximum absolute atomic E-state index is 6.97. The lowest BCUT2D eigenvalue weighted by atomic mass is 9.78. The zero-order chi connectivity index (χ0) is 54.8. The van der Waals surface area contributed by atoms with Crippen molar-refractivity contribution < 1.29 is 9.30 Å². The van der Waals surface area contributed by atoms with Crippen LogP contribution >= 0.6 is 0 Å². The van der Waals surface area contributed by atoms with Gasteiger partial charge in [-0.25, -0.2) is 4.98 Å². The van der Waals surface area contributed by atoms with Crippen molar-refractivity contribution in [1.29, 1.82) is 0 Å². The van der Waals surface area contributed by atoms with E-state index < -0.39 is 0 Å². The predicted molar refractivity (Wildman–Crippen MR) is 329 cm³/mol. The van der Waals surface area contributed by atoms with Gasteiger partial charge in [-0.3, -0.25) is 0 Å². The van der Waals surface area contributed by atoms with Gasteiger partial charge >= 0.3 is 0 Å². The zero-order valence-electron chi connectivity index (χ0n) is 47.3. The Kier molecular flexibility index (Phi) is 12.8. The number of rotatable bonds is 9. The van der Waals surface area contributed by atoms with Crippen molar-refractivity contribution in [3.05, 3.63) is 253 Å². The first-order valence-corrected chi connectivity index (χ1v) is 27.8. The third-order valence-electron chi connectivity index (χ3n) is 15.8. The summed E-state index contributed by atoms with van der Waals surface area (Å²) in [6.45, 7) is 23.6. The summed E-state index contributed by atoms with van der Waals surface area (Å²) in [4.78, 5) is 7.58. The van der Waals surface area contributed by atoms with Crippen LogP contribution in [0.4, 0.5) is 11.5 Å². The molecule has 79 heavy (non-hydrogen) atoms. The number of benzene rings is 9. The van der Waals surface area contributed by atoms with E-state index in [1.165, 1.54) is 66.8 Å². The number of anilines is 2. The van der Waals surface area contributed by atoms with Crippen LogP contribution < -0.4 is 14.2 Å². The van der Waals surface area contributed by atoms with Crippen molar-refractivity contribution in [1.82, 2.24) is 9.55 Å². The first kappa shape index (κ1) is 51.0. The van der Waals surface area contributed by atoms with Crippen molar-refractivity contribution in [2.45, 2.75) is 92.0 Å². The van der Waals surface area contributed by atoms with Crippen molar-refractivity contribution in [3.63, 3.8) is 0 Å². The summed E-state index contributed by atoms with van der Waals surface area (Å²) >= 11 is 0. The molecule has 1 aliphatic rings. The first-order chi connectivity index (χ1) is 37.9. The van der Waals surface area contributed by atoms with Crippen LogP contribution in [0.15, 0.2) is 225 Å². The van der Waals surface area contributed by atoms with Crippen LogP contribution in [-0.4, -0.2) is 9.55 Å². The Balaban J connectivity index is 0.953. The Hall–Kier alpha value is -8.80. The van der Waals surface area contributed by atoms with E-state index in [0.29, 0.717) is 6.54 Å². The molecule has 2 aromatic heterocycles. The summed E-state index contributed by atoms with van der Waals surface area (Å²) in [6, 6.07) is 77.1. The van der Waals surface area contributed by atoms with Gasteiger partial charge in [-0.15, -0.1) is 0 Å². The fraction of sp³-hybridized carbons (Fsp3) is 0.189. The highest BCUT2D eigenvalue weighted by atomic mass is 16.5. The lowest BCUT2D eigenvalue weighted by molar-refractivity contribution is -0.566. The van der Waals surface area contributed by atoms with Crippen molar-refractivity contribution >= 4 is 22.5 Å². The van der Waals surface area contributed by atoms with E-state index in [1.807, 2.05) is 6.20 Å². The molecular weight excluding hydrogens is 961 g/mol. The summed E-state index contributed by atoms with van der Waals surface area (Å²) in [6.07, 6.45) is 4.28.